The minimum atomic E-state index is -4.64. The van der Waals surface area contributed by atoms with Gasteiger partial charge in [0.15, 0.2) is 0 Å². The summed E-state index contributed by atoms with van der Waals surface area (Å²) in [4.78, 5) is 27.8. The number of fused-ring (bicyclic) bond motifs is 1. The van der Waals surface area contributed by atoms with Gasteiger partial charge in [-0.3, -0.25) is 14.8 Å². The lowest BCUT2D eigenvalue weighted by molar-refractivity contribution is -0.153. The highest BCUT2D eigenvalue weighted by molar-refractivity contribution is 6.08. The normalized spacial score (nSPS) is 11.9. The van der Waals surface area contributed by atoms with Crippen molar-refractivity contribution in [3.8, 4) is 11.1 Å². The average molecular weight is 601 g/mol. The Morgan fingerprint density at radius 1 is 0.841 bits per heavy atom. The standard InChI is InChI=1S/C35H31F3N2O4/c1-22-11-14-25-7-4-5-10-29(25)31(22)32(41)40(21-28-17-18-30(44-28)35(36,37)38)20-23-12-15-24(16-13-23)26-8-6-9-27(19-26)34(2,3)33(42)39-43/h4-19,43H,20-21H2,1-3H3,(H,39,42). The van der Waals surface area contributed by atoms with Gasteiger partial charge in [-0.25, -0.2) is 5.48 Å². The predicted octanol–water partition coefficient (Wildman–Crippen LogP) is 8.05. The second-order valence-electron chi connectivity index (χ2n) is 11.2. The van der Waals surface area contributed by atoms with E-state index in [-0.39, 0.29) is 24.8 Å². The van der Waals surface area contributed by atoms with Crippen LogP contribution in [-0.4, -0.2) is 21.9 Å². The van der Waals surface area contributed by atoms with Crippen LogP contribution in [0, 0.1) is 6.92 Å². The number of hydrogen-bond donors (Lipinski definition) is 2. The molecule has 0 fully saturated rings. The maximum absolute atomic E-state index is 14.1. The third-order valence-corrected chi connectivity index (χ3v) is 7.84. The maximum atomic E-state index is 14.1. The van der Waals surface area contributed by atoms with E-state index in [0.29, 0.717) is 11.1 Å². The van der Waals surface area contributed by atoms with E-state index in [1.165, 1.54) is 11.0 Å². The molecule has 2 N–H and O–H groups in total. The number of carbonyl (C=O) groups excluding carboxylic acids is 2. The molecule has 5 aromatic rings. The third kappa shape index (κ3) is 6.23. The first-order valence-electron chi connectivity index (χ1n) is 14.0. The van der Waals surface area contributed by atoms with Gasteiger partial charge in [0.1, 0.15) is 5.76 Å². The number of carbonyl (C=O) groups is 2. The van der Waals surface area contributed by atoms with Gasteiger partial charge in [-0.2, -0.15) is 13.2 Å². The SMILES string of the molecule is Cc1ccc2ccccc2c1C(=O)N(Cc1ccc(-c2cccc(C(C)(C)C(=O)NO)c2)cc1)Cc1ccc(C(F)(F)F)o1. The number of alkyl halides is 3. The molecule has 9 heteroatoms. The Bertz CT molecular complexity index is 1820. The molecule has 0 bridgehead atoms. The summed E-state index contributed by atoms with van der Waals surface area (Å²) in [6.45, 7) is 5.21. The summed E-state index contributed by atoms with van der Waals surface area (Å²) < 4.78 is 44.9. The summed E-state index contributed by atoms with van der Waals surface area (Å²) >= 11 is 0. The summed E-state index contributed by atoms with van der Waals surface area (Å²) in [6, 6.07) is 28.3. The molecule has 226 valence electrons. The van der Waals surface area contributed by atoms with Gasteiger partial charge in [-0.1, -0.05) is 84.9 Å². The van der Waals surface area contributed by atoms with Gasteiger partial charge in [-0.15, -0.1) is 0 Å². The summed E-state index contributed by atoms with van der Waals surface area (Å²) in [6.07, 6.45) is -4.64. The molecule has 0 aliphatic carbocycles. The summed E-state index contributed by atoms with van der Waals surface area (Å²) in [5.41, 5.74) is 5.16. The highest BCUT2D eigenvalue weighted by atomic mass is 19.4. The Labute approximate surface area is 252 Å². The molecule has 4 aromatic carbocycles. The van der Waals surface area contributed by atoms with E-state index in [1.54, 1.807) is 19.3 Å². The van der Waals surface area contributed by atoms with Crippen molar-refractivity contribution in [1.29, 1.82) is 0 Å². The lowest BCUT2D eigenvalue weighted by Crippen LogP contribution is -2.38. The van der Waals surface area contributed by atoms with Crippen LogP contribution in [0.4, 0.5) is 13.2 Å². The van der Waals surface area contributed by atoms with Gasteiger partial charge >= 0.3 is 6.18 Å². The number of nitrogens with zero attached hydrogens (tertiary/aromatic N) is 1. The smallest absolute Gasteiger partial charge is 0.449 e. The van der Waals surface area contributed by atoms with Gasteiger partial charge in [0.2, 0.25) is 5.76 Å². The van der Waals surface area contributed by atoms with Gasteiger partial charge in [-0.05, 0) is 71.5 Å². The molecule has 5 rings (SSSR count). The van der Waals surface area contributed by atoms with Crippen molar-refractivity contribution in [1.82, 2.24) is 10.4 Å². The summed E-state index contributed by atoms with van der Waals surface area (Å²) in [5.74, 6) is -1.96. The average Bonchev–Trinajstić information content (AvgIpc) is 3.50. The first-order valence-corrected chi connectivity index (χ1v) is 14.0. The predicted molar refractivity (Wildman–Crippen MR) is 161 cm³/mol. The fraction of sp³-hybridized carbons (Fsp3) is 0.200. The zero-order valence-corrected chi connectivity index (χ0v) is 24.4. The zero-order valence-electron chi connectivity index (χ0n) is 24.4. The fourth-order valence-electron chi connectivity index (χ4n) is 5.21. The maximum Gasteiger partial charge on any atom is 0.449 e. The zero-order chi connectivity index (χ0) is 31.6. The van der Waals surface area contributed by atoms with Crippen molar-refractivity contribution in [3.63, 3.8) is 0 Å². The van der Waals surface area contributed by atoms with E-state index < -0.39 is 23.3 Å². The van der Waals surface area contributed by atoms with E-state index in [2.05, 4.69) is 0 Å². The van der Waals surface area contributed by atoms with Gasteiger partial charge in [0.25, 0.3) is 11.8 Å². The number of rotatable bonds is 8. The molecule has 0 saturated heterocycles. The van der Waals surface area contributed by atoms with Crippen LogP contribution in [0.1, 0.15) is 52.4 Å². The molecule has 0 radical (unpaired) electrons. The number of aryl methyl sites for hydroxylation is 1. The Balaban J connectivity index is 1.47. The van der Waals surface area contributed by atoms with E-state index in [9.17, 15) is 22.8 Å². The van der Waals surface area contributed by atoms with E-state index in [1.807, 2.05) is 91.9 Å². The topological polar surface area (TPSA) is 82.8 Å². The number of amides is 2. The van der Waals surface area contributed by atoms with Crippen LogP contribution < -0.4 is 5.48 Å². The van der Waals surface area contributed by atoms with Crippen LogP contribution in [0.15, 0.2) is 101 Å². The highest BCUT2D eigenvalue weighted by Crippen LogP contribution is 2.32. The minimum Gasteiger partial charge on any atom is -0.455 e. The molecular weight excluding hydrogens is 569 g/mol. The molecule has 1 aromatic heterocycles. The number of hydroxylamine groups is 1. The lowest BCUT2D eigenvalue weighted by atomic mass is 9.82. The molecular formula is C35H31F3N2O4. The Morgan fingerprint density at radius 3 is 2.25 bits per heavy atom. The van der Waals surface area contributed by atoms with Crippen LogP contribution in [-0.2, 0) is 29.5 Å². The van der Waals surface area contributed by atoms with Gasteiger partial charge in [0, 0.05) is 6.54 Å². The van der Waals surface area contributed by atoms with Crippen molar-refractivity contribution >= 4 is 22.6 Å². The Kier molecular flexibility index (Phi) is 8.34. The molecule has 44 heavy (non-hydrogen) atoms. The number of halogens is 3. The number of furan rings is 1. The van der Waals surface area contributed by atoms with Gasteiger partial charge in [0.05, 0.1) is 17.5 Å². The van der Waals surface area contributed by atoms with Crippen molar-refractivity contribution in [2.75, 3.05) is 0 Å². The summed E-state index contributed by atoms with van der Waals surface area (Å²) in [7, 11) is 0. The van der Waals surface area contributed by atoms with E-state index in [0.717, 1.165) is 39.1 Å². The van der Waals surface area contributed by atoms with Crippen molar-refractivity contribution in [2.24, 2.45) is 0 Å². The van der Waals surface area contributed by atoms with Crippen LogP contribution in [0.25, 0.3) is 21.9 Å². The molecule has 0 spiro atoms. The molecule has 0 unspecified atom stereocenters. The first-order chi connectivity index (χ1) is 20.9. The number of hydrogen-bond acceptors (Lipinski definition) is 4. The van der Waals surface area contributed by atoms with Crippen LogP contribution in [0.2, 0.25) is 0 Å². The Hall–Kier alpha value is -4.89. The third-order valence-electron chi connectivity index (χ3n) is 7.84. The molecule has 1 heterocycles. The van der Waals surface area contributed by atoms with Crippen molar-refractivity contribution < 1.29 is 32.4 Å². The van der Waals surface area contributed by atoms with Crippen molar-refractivity contribution in [3.05, 3.63) is 131 Å². The molecule has 0 aliphatic rings. The number of benzene rings is 4. The molecule has 0 atom stereocenters. The quantitative estimate of drug-likeness (QED) is 0.139. The van der Waals surface area contributed by atoms with Crippen LogP contribution in [0.5, 0.6) is 0 Å². The highest BCUT2D eigenvalue weighted by Gasteiger charge is 2.35. The van der Waals surface area contributed by atoms with E-state index in [4.69, 9.17) is 9.62 Å². The number of nitrogens with one attached hydrogen (secondary N) is 1. The largest absolute Gasteiger partial charge is 0.455 e. The Morgan fingerprint density at radius 2 is 1.57 bits per heavy atom. The molecule has 0 aliphatic heterocycles. The van der Waals surface area contributed by atoms with Crippen molar-refractivity contribution in [2.45, 2.75) is 45.5 Å². The fourth-order valence-corrected chi connectivity index (χ4v) is 5.21. The summed E-state index contributed by atoms with van der Waals surface area (Å²) in [5, 5.41) is 10.8. The molecule has 6 nitrogen and oxygen atoms in total. The minimum absolute atomic E-state index is 0.0199. The second-order valence-corrected chi connectivity index (χ2v) is 11.2. The molecule has 0 saturated carbocycles. The van der Waals surface area contributed by atoms with E-state index >= 15 is 0 Å². The lowest BCUT2D eigenvalue weighted by Gasteiger charge is -2.24. The second kappa shape index (κ2) is 12.0. The van der Waals surface area contributed by atoms with Crippen LogP contribution in [0.3, 0.4) is 0 Å². The first kappa shape index (κ1) is 30.6. The van der Waals surface area contributed by atoms with Gasteiger partial charge < -0.3 is 9.32 Å². The molecule has 2 amide bonds. The monoisotopic (exact) mass is 600 g/mol. The van der Waals surface area contributed by atoms with Crippen LogP contribution >= 0.6 is 0 Å².